The van der Waals surface area contributed by atoms with Crippen LogP contribution >= 0.6 is 15.9 Å². The molecule has 5 heteroatoms. The third-order valence-corrected chi connectivity index (χ3v) is 3.64. The highest BCUT2D eigenvalue weighted by Gasteiger charge is 2.12. The average Bonchev–Trinajstić information content (AvgIpc) is 2.52. The van der Waals surface area contributed by atoms with Crippen LogP contribution in [0.5, 0.6) is 11.5 Å². The molecule has 0 saturated carbocycles. The largest absolute Gasteiger partial charge is 0.497 e. The summed E-state index contributed by atoms with van der Waals surface area (Å²) in [4.78, 5) is 0. The first-order chi connectivity index (χ1) is 10.2. The fraction of sp³-hybridized carbons (Fsp3) is 0.188. The van der Waals surface area contributed by atoms with E-state index in [-0.39, 0.29) is 0 Å². The second kappa shape index (κ2) is 7.00. The summed E-state index contributed by atoms with van der Waals surface area (Å²) in [5.41, 5.74) is 1.68. The molecule has 21 heavy (non-hydrogen) atoms. The van der Waals surface area contributed by atoms with E-state index >= 15 is 0 Å². The summed E-state index contributed by atoms with van der Waals surface area (Å²) in [6, 6.07) is 14.8. The van der Waals surface area contributed by atoms with Crippen molar-refractivity contribution in [1.82, 2.24) is 0 Å². The topological polar surface area (TPSA) is 54.3 Å². The van der Waals surface area contributed by atoms with Gasteiger partial charge in [0.15, 0.2) is 0 Å². The van der Waals surface area contributed by atoms with E-state index in [4.69, 9.17) is 9.47 Å². The smallest absolute Gasteiger partial charge is 0.140 e. The van der Waals surface area contributed by atoms with Crippen LogP contribution in [0, 0.1) is 11.3 Å². The van der Waals surface area contributed by atoms with E-state index in [2.05, 4.69) is 27.3 Å². The van der Waals surface area contributed by atoms with Gasteiger partial charge in [-0.3, -0.25) is 0 Å². The van der Waals surface area contributed by atoms with Crippen LogP contribution < -0.4 is 14.8 Å². The summed E-state index contributed by atoms with van der Waals surface area (Å²) in [5.74, 6) is 1.48. The number of rotatable bonds is 5. The van der Waals surface area contributed by atoms with Crippen molar-refractivity contribution in [1.29, 1.82) is 5.26 Å². The molecule has 4 nitrogen and oxygen atoms in total. The molecule has 108 valence electrons. The number of halogens is 1. The Morgan fingerprint density at radius 1 is 1.14 bits per heavy atom. The minimum Gasteiger partial charge on any atom is -0.497 e. The fourth-order valence-electron chi connectivity index (χ4n) is 1.93. The maximum Gasteiger partial charge on any atom is 0.140 e. The van der Waals surface area contributed by atoms with Crippen LogP contribution in [-0.2, 0) is 0 Å². The number of hydrogen-bond acceptors (Lipinski definition) is 4. The molecular weight excluding hydrogens is 332 g/mol. The predicted molar refractivity (Wildman–Crippen MR) is 85.7 cm³/mol. The molecule has 0 aromatic heterocycles. The molecule has 1 N–H and O–H groups in total. The lowest BCUT2D eigenvalue weighted by Gasteiger charge is -2.15. The van der Waals surface area contributed by atoms with Crippen molar-refractivity contribution < 1.29 is 9.47 Å². The van der Waals surface area contributed by atoms with Crippen molar-refractivity contribution in [3.63, 3.8) is 0 Å². The summed E-state index contributed by atoms with van der Waals surface area (Å²) in [6.45, 7) is 0. The van der Waals surface area contributed by atoms with Gasteiger partial charge in [-0.1, -0.05) is 12.1 Å². The Kier molecular flexibility index (Phi) is 5.07. The Hall–Kier alpha value is -2.19. The van der Waals surface area contributed by atoms with Gasteiger partial charge in [-0.15, -0.1) is 0 Å². The molecule has 0 saturated heterocycles. The van der Waals surface area contributed by atoms with Crippen molar-refractivity contribution in [3.05, 3.63) is 52.5 Å². The number of hydrogen-bond donors (Lipinski definition) is 1. The summed E-state index contributed by atoms with van der Waals surface area (Å²) in [5, 5.41) is 12.6. The van der Waals surface area contributed by atoms with E-state index in [0.717, 1.165) is 27.2 Å². The second-order valence-electron chi connectivity index (χ2n) is 4.33. The van der Waals surface area contributed by atoms with Gasteiger partial charge in [0.1, 0.15) is 17.5 Å². The molecule has 2 aromatic rings. The minimum absolute atomic E-state index is 0.459. The molecule has 0 fully saturated rings. The van der Waals surface area contributed by atoms with Gasteiger partial charge in [-0.2, -0.15) is 5.26 Å². The molecule has 0 amide bonds. The standard InChI is InChI=1S/C16H15BrN2O2/c1-20-13-5-3-4-12(9-13)19-15(10-18)11-6-7-16(21-2)14(17)8-11/h3-9,15,19H,1-2H3. The average molecular weight is 347 g/mol. The number of nitrogens with one attached hydrogen (secondary N) is 1. The monoisotopic (exact) mass is 346 g/mol. The van der Waals surface area contributed by atoms with Gasteiger partial charge in [-0.05, 0) is 45.8 Å². The molecule has 0 aliphatic heterocycles. The number of anilines is 1. The van der Waals surface area contributed by atoms with Crippen LogP contribution in [-0.4, -0.2) is 14.2 Å². The highest BCUT2D eigenvalue weighted by atomic mass is 79.9. The number of nitriles is 1. The number of ether oxygens (including phenoxy) is 2. The van der Waals surface area contributed by atoms with Crippen LogP contribution in [0.2, 0.25) is 0 Å². The lowest BCUT2D eigenvalue weighted by Crippen LogP contribution is -2.08. The molecule has 0 spiro atoms. The first-order valence-electron chi connectivity index (χ1n) is 6.31. The molecule has 0 aliphatic rings. The van der Waals surface area contributed by atoms with Gasteiger partial charge < -0.3 is 14.8 Å². The van der Waals surface area contributed by atoms with Crippen LogP contribution in [0.3, 0.4) is 0 Å². The van der Waals surface area contributed by atoms with Crippen LogP contribution in [0.4, 0.5) is 5.69 Å². The van der Waals surface area contributed by atoms with Crippen molar-refractivity contribution >= 4 is 21.6 Å². The molecule has 0 heterocycles. The quantitative estimate of drug-likeness (QED) is 0.883. The molecule has 2 aromatic carbocycles. The van der Waals surface area contributed by atoms with E-state index in [9.17, 15) is 5.26 Å². The van der Waals surface area contributed by atoms with Crippen molar-refractivity contribution in [2.75, 3.05) is 19.5 Å². The Balaban J connectivity index is 2.23. The van der Waals surface area contributed by atoms with Gasteiger partial charge in [0.05, 0.1) is 24.8 Å². The molecule has 2 rings (SSSR count). The highest BCUT2D eigenvalue weighted by Crippen LogP contribution is 2.29. The maximum absolute atomic E-state index is 9.39. The highest BCUT2D eigenvalue weighted by molar-refractivity contribution is 9.10. The van der Waals surface area contributed by atoms with Crippen LogP contribution in [0.15, 0.2) is 46.9 Å². The first-order valence-corrected chi connectivity index (χ1v) is 7.11. The second-order valence-corrected chi connectivity index (χ2v) is 5.19. The van der Waals surface area contributed by atoms with Crippen molar-refractivity contribution in [3.8, 4) is 17.6 Å². The minimum atomic E-state index is -0.459. The van der Waals surface area contributed by atoms with Crippen LogP contribution in [0.1, 0.15) is 11.6 Å². The van der Waals surface area contributed by atoms with E-state index in [0.29, 0.717) is 0 Å². The SMILES string of the molecule is COc1cccc(NC(C#N)c2ccc(OC)c(Br)c2)c1. The first kappa shape index (κ1) is 15.2. The van der Waals surface area contributed by atoms with E-state index < -0.39 is 6.04 Å². The Morgan fingerprint density at radius 3 is 2.57 bits per heavy atom. The summed E-state index contributed by atoms with van der Waals surface area (Å²) in [6.07, 6.45) is 0. The summed E-state index contributed by atoms with van der Waals surface area (Å²) < 4.78 is 11.2. The Bertz CT molecular complexity index is 668. The molecule has 0 radical (unpaired) electrons. The Morgan fingerprint density at radius 2 is 1.95 bits per heavy atom. The molecular formula is C16H15BrN2O2. The summed E-state index contributed by atoms with van der Waals surface area (Å²) >= 11 is 3.43. The van der Waals surface area contributed by atoms with Gasteiger partial charge in [0.2, 0.25) is 0 Å². The van der Waals surface area contributed by atoms with Gasteiger partial charge in [0, 0.05) is 11.8 Å². The van der Waals surface area contributed by atoms with Gasteiger partial charge in [-0.25, -0.2) is 0 Å². The summed E-state index contributed by atoms with van der Waals surface area (Å²) in [7, 11) is 3.22. The third-order valence-electron chi connectivity index (χ3n) is 3.02. The van der Waals surface area contributed by atoms with Crippen molar-refractivity contribution in [2.45, 2.75) is 6.04 Å². The van der Waals surface area contributed by atoms with E-state index in [1.54, 1.807) is 14.2 Å². The number of benzene rings is 2. The molecule has 1 unspecified atom stereocenters. The predicted octanol–water partition coefficient (Wildman–Crippen LogP) is 4.14. The van der Waals surface area contributed by atoms with Gasteiger partial charge in [0.25, 0.3) is 0 Å². The normalized spacial score (nSPS) is 11.3. The van der Waals surface area contributed by atoms with Crippen molar-refractivity contribution in [2.24, 2.45) is 0 Å². The maximum atomic E-state index is 9.39. The fourth-order valence-corrected chi connectivity index (χ4v) is 2.49. The molecule has 0 aliphatic carbocycles. The van der Waals surface area contributed by atoms with Gasteiger partial charge >= 0.3 is 0 Å². The number of nitrogens with zero attached hydrogens (tertiary/aromatic N) is 1. The molecule has 0 bridgehead atoms. The zero-order chi connectivity index (χ0) is 15.2. The molecule has 1 atom stereocenters. The third kappa shape index (κ3) is 3.67. The zero-order valence-corrected chi connectivity index (χ0v) is 13.3. The van der Waals surface area contributed by atoms with E-state index in [1.165, 1.54) is 0 Å². The van der Waals surface area contributed by atoms with Crippen LogP contribution in [0.25, 0.3) is 0 Å². The number of methoxy groups -OCH3 is 2. The van der Waals surface area contributed by atoms with E-state index in [1.807, 2.05) is 42.5 Å². The lowest BCUT2D eigenvalue weighted by atomic mass is 10.1. The lowest BCUT2D eigenvalue weighted by molar-refractivity contribution is 0.412. The Labute approximate surface area is 132 Å². The zero-order valence-electron chi connectivity index (χ0n) is 11.8.